The molecule has 256 valence electrons. The molecule has 3 heteroatoms. The molecular formula is C52H32N2O. The minimum Gasteiger partial charge on any atom is -0.455 e. The van der Waals surface area contributed by atoms with E-state index in [1.807, 2.05) is 30.3 Å². The quantitative estimate of drug-likeness (QED) is 0.133. The van der Waals surface area contributed by atoms with Crippen molar-refractivity contribution >= 4 is 54.3 Å². The van der Waals surface area contributed by atoms with Gasteiger partial charge >= 0.3 is 0 Å². The zero-order valence-corrected chi connectivity index (χ0v) is 29.8. The summed E-state index contributed by atoms with van der Waals surface area (Å²) in [6, 6.07) is 68.6. The van der Waals surface area contributed by atoms with E-state index < -0.39 is 0 Å². The van der Waals surface area contributed by atoms with Crippen LogP contribution in [0.4, 0.5) is 0 Å². The largest absolute Gasteiger partial charge is 0.455 e. The lowest BCUT2D eigenvalue weighted by atomic mass is 9.87. The van der Waals surface area contributed by atoms with Crippen LogP contribution in [0.2, 0.25) is 0 Å². The second-order valence-corrected chi connectivity index (χ2v) is 14.1. The number of furan rings is 1. The molecule has 0 N–H and O–H groups in total. The predicted octanol–water partition coefficient (Wildman–Crippen LogP) is 14.2. The molecule has 11 rings (SSSR count). The Bertz CT molecular complexity index is 3250. The Balaban J connectivity index is 1.10. The summed E-state index contributed by atoms with van der Waals surface area (Å²) in [5.74, 6) is 0.688. The second-order valence-electron chi connectivity index (χ2n) is 14.1. The summed E-state index contributed by atoms with van der Waals surface area (Å²) in [4.78, 5) is 10.5. The van der Waals surface area contributed by atoms with Gasteiger partial charge < -0.3 is 4.42 Å². The topological polar surface area (TPSA) is 38.9 Å². The van der Waals surface area contributed by atoms with Crippen LogP contribution in [-0.2, 0) is 0 Å². The second kappa shape index (κ2) is 12.6. The van der Waals surface area contributed by atoms with Gasteiger partial charge in [0.2, 0.25) is 0 Å². The number of nitrogens with zero attached hydrogens (tertiary/aromatic N) is 2. The number of para-hydroxylation sites is 2. The number of fused-ring (bicyclic) bond motifs is 7. The maximum atomic E-state index is 6.38. The third kappa shape index (κ3) is 5.20. The van der Waals surface area contributed by atoms with Crippen LogP contribution in [0.25, 0.3) is 110 Å². The minimum absolute atomic E-state index is 0.688. The van der Waals surface area contributed by atoms with Gasteiger partial charge in [0, 0.05) is 33.0 Å². The summed E-state index contributed by atoms with van der Waals surface area (Å²) in [5, 5.41) is 9.62. The predicted molar refractivity (Wildman–Crippen MR) is 229 cm³/mol. The molecule has 3 nitrogen and oxygen atoms in total. The van der Waals surface area contributed by atoms with Gasteiger partial charge in [-0.1, -0.05) is 176 Å². The van der Waals surface area contributed by atoms with Gasteiger partial charge in [0.05, 0.1) is 11.4 Å². The molecule has 0 saturated heterocycles. The van der Waals surface area contributed by atoms with E-state index in [9.17, 15) is 0 Å². The highest BCUT2D eigenvalue weighted by atomic mass is 16.3. The Hall–Kier alpha value is -7.36. The molecule has 0 fully saturated rings. The Labute approximate surface area is 317 Å². The van der Waals surface area contributed by atoms with Crippen LogP contribution < -0.4 is 0 Å². The van der Waals surface area contributed by atoms with Crippen LogP contribution in [0.1, 0.15) is 0 Å². The molecule has 0 unspecified atom stereocenters. The number of benzene rings is 9. The summed E-state index contributed by atoms with van der Waals surface area (Å²) in [7, 11) is 0. The van der Waals surface area contributed by atoms with Gasteiger partial charge in [0.1, 0.15) is 11.2 Å². The molecule has 0 aliphatic heterocycles. The van der Waals surface area contributed by atoms with E-state index in [2.05, 4.69) is 164 Å². The first-order valence-electron chi connectivity index (χ1n) is 18.7. The molecular weight excluding hydrogens is 669 g/mol. The van der Waals surface area contributed by atoms with Crippen molar-refractivity contribution in [2.75, 3.05) is 0 Å². The van der Waals surface area contributed by atoms with E-state index in [-0.39, 0.29) is 0 Å². The zero-order chi connectivity index (χ0) is 36.3. The van der Waals surface area contributed by atoms with E-state index in [1.165, 1.54) is 37.9 Å². The monoisotopic (exact) mass is 700 g/mol. The highest BCUT2D eigenvalue weighted by Gasteiger charge is 2.19. The van der Waals surface area contributed by atoms with Crippen molar-refractivity contribution < 1.29 is 4.42 Å². The van der Waals surface area contributed by atoms with E-state index in [0.717, 1.165) is 66.7 Å². The summed E-state index contributed by atoms with van der Waals surface area (Å²) < 4.78 is 6.38. The van der Waals surface area contributed by atoms with Crippen molar-refractivity contribution in [2.45, 2.75) is 0 Å². The smallest absolute Gasteiger partial charge is 0.160 e. The lowest BCUT2D eigenvalue weighted by Crippen LogP contribution is -1.97. The molecule has 0 atom stereocenters. The van der Waals surface area contributed by atoms with Crippen LogP contribution in [0.5, 0.6) is 0 Å². The summed E-state index contributed by atoms with van der Waals surface area (Å²) in [6.07, 6.45) is 0. The molecule has 2 heterocycles. The van der Waals surface area contributed by atoms with Crippen LogP contribution in [0.15, 0.2) is 199 Å². The Morgan fingerprint density at radius 3 is 1.82 bits per heavy atom. The van der Waals surface area contributed by atoms with Gasteiger partial charge in [-0.25, -0.2) is 9.97 Å². The van der Waals surface area contributed by atoms with Gasteiger partial charge in [0.15, 0.2) is 5.82 Å². The number of rotatable bonds is 5. The number of hydrogen-bond acceptors (Lipinski definition) is 3. The standard InChI is InChI=1S/C52H32N2O/c1-2-14-36(15-3-1)52-53-47(35-27-25-34(26-28-35)40-22-12-23-45-42-20-10-11-24-49(42)55-51(40)45)32-48(54-52)41-19-8-9-21-43(41)50-39-18-7-5-16-37(39)31-46-38-17-6-4-13-33(38)29-30-44(46)50/h1-32H. The zero-order valence-electron chi connectivity index (χ0n) is 29.8. The maximum Gasteiger partial charge on any atom is 0.160 e. The molecule has 11 aromatic rings. The summed E-state index contributed by atoms with van der Waals surface area (Å²) >= 11 is 0. The molecule has 0 aliphatic rings. The first-order valence-corrected chi connectivity index (χ1v) is 18.7. The molecule has 2 aromatic heterocycles. The lowest BCUT2D eigenvalue weighted by molar-refractivity contribution is 0.670. The van der Waals surface area contributed by atoms with Crippen LogP contribution in [0, 0.1) is 0 Å². The minimum atomic E-state index is 0.688. The molecule has 0 amide bonds. The number of hydrogen-bond donors (Lipinski definition) is 0. The molecule has 0 radical (unpaired) electrons. The van der Waals surface area contributed by atoms with Crippen LogP contribution in [0.3, 0.4) is 0 Å². The normalized spacial score (nSPS) is 11.6. The van der Waals surface area contributed by atoms with E-state index >= 15 is 0 Å². The fourth-order valence-electron chi connectivity index (χ4n) is 8.28. The Morgan fingerprint density at radius 2 is 0.964 bits per heavy atom. The van der Waals surface area contributed by atoms with E-state index in [4.69, 9.17) is 14.4 Å². The third-order valence-electron chi connectivity index (χ3n) is 10.9. The van der Waals surface area contributed by atoms with E-state index in [1.54, 1.807) is 0 Å². The fourth-order valence-corrected chi connectivity index (χ4v) is 8.28. The molecule has 0 aliphatic carbocycles. The van der Waals surface area contributed by atoms with Crippen molar-refractivity contribution in [3.05, 3.63) is 194 Å². The SMILES string of the molecule is c1ccc(-c2nc(-c3ccc(-c4cccc5c4oc4ccccc45)cc3)cc(-c3ccccc3-c3c4ccccc4cc4c3ccc3ccccc34)n2)cc1. The molecule has 0 bridgehead atoms. The van der Waals surface area contributed by atoms with Gasteiger partial charge in [-0.15, -0.1) is 0 Å². The van der Waals surface area contributed by atoms with Crippen molar-refractivity contribution in [2.24, 2.45) is 0 Å². The van der Waals surface area contributed by atoms with E-state index in [0.29, 0.717) is 5.82 Å². The van der Waals surface area contributed by atoms with Crippen molar-refractivity contribution in [1.82, 2.24) is 9.97 Å². The van der Waals surface area contributed by atoms with Crippen LogP contribution >= 0.6 is 0 Å². The lowest BCUT2D eigenvalue weighted by Gasteiger charge is -2.17. The van der Waals surface area contributed by atoms with Gasteiger partial charge in [-0.2, -0.15) is 0 Å². The molecule has 0 saturated carbocycles. The first kappa shape index (κ1) is 31.2. The molecule has 9 aromatic carbocycles. The average Bonchev–Trinajstić information content (AvgIpc) is 3.65. The summed E-state index contributed by atoms with van der Waals surface area (Å²) in [5.41, 5.74) is 11.1. The molecule has 55 heavy (non-hydrogen) atoms. The summed E-state index contributed by atoms with van der Waals surface area (Å²) in [6.45, 7) is 0. The van der Waals surface area contributed by atoms with Crippen molar-refractivity contribution in [3.63, 3.8) is 0 Å². The Morgan fingerprint density at radius 1 is 0.327 bits per heavy atom. The fraction of sp³-hybridized carbons (Fsp3) is 0. The van der Waals surface area contributed by atoms with Crippen LogP contribution in [-0.4, -0.2) is 9.97 Å². The maximum absolute atomic E-state index is 6.38. The Kier molecular flexibility index (Phi) is 7.17. The third-order valence-corrected chi connectivity index (χ3v) is 10.9. The van der Waals surface area contributed by atoms with Crippen molar-refractivity contribution in [3.8, 4) is 56.2 Å². The van der Waals surface area contributed by atoms with Gasteiger partial charge in [0.25, 0.3) is 0 Å². The highest BCUT2D eigenvalue weighted by Crippen LogP contribution is 2.43. The van der Waals surface area contributed by atoms with Gasteiger partial charge in [-0.05, 0) is 67.2 Å². The average molecular weight is 701 g/mol. The highest BCUT2D eigenvalue weighted by molar-refractivity contribution is 6.21. The molecule has 0 spiro atoms. The number of aromatic nitrogens is 2. The van der Waals surface area contributed by atoms with Gasteiger partial charge in [-0.3, -0.25) is 0 Å². The first-order chi connectivity index (χ1) is 27.3. The van der Waals surface area contributed by atoms with Crippen molar-refractivity contribution in [1.29, 1.82) is 0 Å².